The summed E-state index contributed by atoms with van der Waals surface area (Å²) in [6.45, 7) is 3.16. The first-order valence-corrected chi connectivity index (χ1v) is 9.02. The topological polar surface area (TPSA) is 101 Å². The van der Waals surface area contributed by atoms with Crippen LogP contribution in [0.5, 0.6) is 17.2 Å². The van der Waals surface area contributed by atoms with Crippen molar-refractivity contribution in [2.24, 2.45) is 0 Å². The van der Waals surface area contributed by atoms with Crippen molar-refractivity contribution in [1.29, 1.82) is 0 Å². The predicted octanol–water partition coefficient (Wildman–Crippen LogP) is 3.62. The zero-order chi connectivity index (χ0) is 21.8. The molecular weight excluding hydrogens is 392 g/mol. The molecule has 3 aromatic rings. The van der Waals surface area contributed by atoms with E-state index in [1.807, 2.05) is 0 Å². The van der Waals surface area contributed by atoms with E-state index >= 15 is 0 Å². The standard InChI is InChI=1S/C22H20O8/c1-12-20(30-15-7-5-14(6-8-15)22(25)27-4)19(23)17-10-9-16(11-18(17)29-12)28-13(2)21(24)26-3/h5-11,13H,1-4H3/t13-/m0/s1. The lowest BCUT2D eigenvalue weighted by Gasteiger charge is -2.13. The van der Waals surface area contributed by atoms with E-state index in [0.29, 0.717) is 28.0 Å². The number of carbonyl (C=O) groups is 2. The minimum absolute atomic E-state index is 0.0323. The van der Waals surface area contributed by atoms with Crippen LogP contribution in [0.3, 0.4) is 0 Å². The number of fused-ring (bicyclic) bond motifs is 1. The van der Waals surface area contributed by atoms with Gasteiger partial charge in [-0.3, -0.25) is 4.79 Å². The Labute approximate surface area is 171 Å². The van der Waals surface area contributed by atoms with E-state index in [9.17, 15) is 14.4 Å². The fourth-order valence-electron chi connectivity index (χ4n) is 2.77. The van der Waals surface area contributed by atoms with E-state index in [0.717, 1.165) is 0 Å². The highest BCUT2D eigenvalue weighted by Crippen LogP contribution is 2.28. The van der Waals surface area contributed by atoms with Gasteiger partial charge in [0.15, 0.2) is 6.10 Å². The van der Waals surface area contributed by atoms with Crippen molar-refractivity contribution < 1.29 is 33.0 Å². The lowest BCUT2D eigenvalue weighted by molar-refractivity contribution is -0.147. The Balaban J connectivity index is 1.90. The molecular formula is C22H20O8. The van der Waals surface area contributed by atoms with Crippen LogP contribution in [0.15, 0.2) is 51.7 Å². The first kappa shape index (κ1) is 20.9. The fraction of sp³-hybridized carbons (Fsp3) is 0.227. The van der Waals surface area contributed by atoms with Crippen molar-refractivity contribution in [2.75, 3.05) is 14.2 Å². The normalized spacial score (nSPS) is 11.6. The quantitative estimate of drug-likeness (QED) is 0.566. The molecule has 0 N–H and O–H groups in total. The molecule has 0 spiro atoms. The van der Waals surface area contributed by atoms with Crippen LogP contribution in [0.1, 0.15) is 23.0 Å². The highest BCUT2D eigenvalue weighted by atomic mass is 16.6. The average Bonchev–Trinajstić information content (AvgIpc) is 2.75. The number of esters is 2. The maximum atomic E-state index is 12.9. The Morgan fingerprint density at radius 1 is 0.967 bits per heavy atom. The molecule has 1 atom stereocenters. The molecule has 0 aliphatic carbocycles. The largest absolute Gasteiger partial charge is 0.479 e. The van der Waals surface area contributed by atoms with E-state index in [4.69, 9.17) is 13.9 Å². The summed E-state index contributed by atoms with van der Waals surface area (Å²) in [4.78, 5) is 35.9. The van der Waals surface area contributed by atoms with Crippen molar-refractivity contribution in [1.82, 2.24) is 0 Å². The molecule has 30 heavy (non-hydrogen) atoms. The third kappa shape index (κ3) is 4.27. The average molecular weight is 412 g/mol. The van der Waals surface area contributed by atoms with Gasteiger partial charge in [-0.15, -0.1) is 0 Å². The molecule has 0 aliphatic heterocycles. The molecule has 8 heteroatoms. The highest BCUT2D eigenvalue weighted by molar-refractivity contribution is 5.89. The van der Waals surface area contributed by atoms with Crippen LogP contribution in [-0.2, 0) is 14.3 Å². The number of benzene rings is 2. The zero-order valence-corrected chi connectivity index (χ0v) is 16.9. The monoisotopic (exact) mass is 412 g/mol. The van der Waals surface area contributed by atoms with Crippen molar-refractivity contribution in [3.63, 3.8) is 0 Å². The summed E-state index contributed by atoms with van der Waals surface area (Å²) >= 11 is 0. The number of ether oxygens (including phenoxy) is 4. The summed E-state index contributed by atoms with van der Waals surface area (Å²) in [5.41, 5.74) is 0.291. The Bertz CT molecular complexity index is 1140. The molecule has 0 saturated heterocycles. The minimum Gasteiger partial charge on any atom is -0.479 e. The van der Waals surface area contributed by atoms with Crippen molar-refractivity contribution in [2.45, 2.75) is 20.0 Å². The van der Waals surface area contributed by atoms with Gasteiger partial charge >= 0.3 is 11.9 Å². The van der Waals surface area contributed by atoms with Crippen LogP contribution in [0, 0.1) is 6.92 Å². The van der Waals surface area contributed by atoms with Crippen molar-refractivity contribution in [3.8, 4) is 17.2 Å². The minimum atomic E-state index is -0.809. The van der Waals surface area contributed by atoms with Gasteiger partial charge in [-0.1, -0.05) is 0 Å². The first-order chi connectivity index (χ1) is 14.3. The lowest BCUT2D eigenvalue weighted by atomic mass is 10.2. The third-order valence-electron chi connectivity index (χ3n) is 4.33. The van der Waals surface area contributed by atoms with Crippen molar-refractivity contribution >= 4 is 22.9 Å². The first-order valence-electron chi connectivity index (χ1n) is 9.02. The maximum absolute atomic E-state index is 12.9. The summed E-state index contributed by atoms with van der Waals surface area (Å²) in [6, 6.07) is 10.8. The Morgan fingerprint density at radius 2 is 1.63 bits per heavy atom. The van der Waals surface area contributed by atoms with Gasteiger partial charge in [0.2, 0.25) is 11.2 Å². The summed E-state index contributed by atoms with van der Waals surface area (Å²) in [6.07, 6.45) is -0.809. The predicted molar refractivity (Wildman–Crippen MR) is 107 cm³/mol. The number of hydrogen-bond donors (Lipinski definition) is 0. The molecule has 0 radical (unpaired) electrons. The number of carbonyl (C=O) groups excluding carboxylic acids is 2. The van der Waals surface area contributed by atoms with Gasteiger partial charge in [0.1, 0.15) is 22.8 Å². The molecule has 1 aromatic heterocycles. The highest BCUT2D eigenvalue weighted by Gasteiger charge is 2.18. The maximum Gasteiger partial charge on any atom is 0.346 e. The van der Waals surface area contributed by atoms with E-state index < -0.39 is 18.0 Å². The second-order valence-corrected chi connectivity index (χ2v) is 6.38. The van der Waals surface area contributed by atoms with Gasteiger partial charge in [0.05, 0.1) is 25.2 Å². The summed E-state index contributed by atoms with van der Waals surface area (Å²) < 4.78 is 26.2. The molecule has 3 rings (SSSR count). The van der Waals surface area contributed by atoms with E-state index in [1.165, 1.54) is 38.5 Å². The molecule has 2 aromatic carbocycles. The molecule has 0 amide bonds. The van der Waals surface area contributed by atoms with Gasteiger partial charge in [-0.2, -0.15) is 0 Å². The summed E-state index contributed by atoms with van der Waals surface area (Å²) in [7, 11) is 2.57. The summed E-state index contributed by atoms with van der Waals surface area (Å²) in [5.74, 6) is 0.0316. The van der Waals surface area contributed by atoms with Crippen LogP contribution in [0.4, 0.5) is 0 Å². The second-order valence-electron chi connectivity index (χ2n) is 6.38. The zero-order valence-electron chi connectivity index (χ0n) is 16.9. The van der Waals surface area contributed by atoms with Gasteiger partial charge in [0, 0.05) is 6.07 Å². The smallest absolute Gasteiger partial charge is 0.346 e. The van der Waals surface area contributed by atoms with Crippen LogP contribution < -0.4 is 14.9 Å². The molecule has 1 heterocycles. The molecule has 8 nitrogen and oxygen atoms in total. The SMILES string of the molecule is COC(=O)c1ccc(Oc2c(C)oc3cc(O[C@@H](C)C(=O)OC)ccc3c2=O)cc1. The Kier molecular flexibility index (Phi) is 6.06. The lowest BCUT2D eigenvalue weighted by Crippen LogP contribution is -2.24. The Hall–Kier alpha value is -3.81. The van der Waals surface area contributed by atoms with Gasteiger partial charge < -0.3 is 23.4 Å². The Morgan fingerprint density at radius 3 is 2.27 bits per heavy atom. The van der Waals surface area contributed by atoms with Crippen LogP contribution in [-0.4, -0.2) is 32.3 Å². The number of rotatable bonds is 6. The van der Waals surface area contributed by atoms with Gasteiger partial charge in [0.25, 0.3) is 0 Å². The summed E-state index contributed by atoms with van der Waals surface area (Å²) in [5, 5.41) is 0.292. The van der Waals surface area contributed by atoms with E-state index in [2.05, 4.69) is 9.47 Å². The third-order valence-corrected chi connectivity index (χ3v) is 4.33. The van der Waals surface area contributed by atoms with Gasteiger partial charge in [-0.25, -0.2) is 9.59 Å². The molecule has 0 unspecified atom stereocenters. The molecule has 0 bridgehead atoms. The fourth-order valence-corrected chi connectivity index (χ4v) is 2.77. The number of hydrogen-bond acceptors (Lipinski definition) is 8. The van der Waals surface area contributed by atoms with Crippen LogP contribution >= 0.6 is 0 Å². The van der Waals surface area contributed by atoms with Crippen LogP contribution in [0.2, 0.25) is 0 Å². The van der Waals surface area contributed by atoms with E-state index in [-0.39, 0.29) is 16.9 Å². The van der Waals surface area contributed by atoms with Crippen LogP contribution in [0.25, 0.3) is 11.0 Å². The molecule has 0 fully saturated rings. The van der Waals surface area contributed by atoms with E-state index in [1.54, 1.807) is 32.0 Å². The number of aryl methyl sites for hydroxylation is 1. The number of methoxy groups -OCH3 is 2. The molecule has 0 saturated carbocycles. The van der Waals surface area contributed by atoms with Crippen molar-refractivity contribution in [3.05, 3.63) is 64.0 Å². The molecule has 156 valence electrons. The second kappa shape index (κ2) is 8.69. The molecule has 0 aliphatic rings. The van der Waals surface area contributed by atoms with Gasteiger partial charge in [-0.05, 0) is 50.2 Å².